The monoisotopic (exact) mass is 361 g/mol. The van der Waals surface area contributed by atoms with Crippen LogP contribution in [-0.2, 0) is 11.8 Å². The van der Waals surface area contributed by atoms with Crippen LogP contribution in [0.4, 0.5) is 0 Å². The quantitative estimate of drug-likeness (QED) is 0.526. The SMILES string of the molecule is Cc1c(C(=O)C(=O)N2CCCCC2c2cccnc2)c2ccccc2n1C. The van der Waals surface area contributed by atoms with Crippen molar-refractivity contribution >= 4 is 22.6 Å². The number of likely N-dealkylation sites (tertiary alicyclic amines) is 1. The molecule has 3 aromatic rings. The number of carbonyl (C=O) groups is 2. The van der Waals surface area contributed by atoms with E-state index in [9.17, 15) is 9.59 Å². The Bertz CT molecular complexity index is 1010. The molecule has 0 bridgehead atoms. The van der Waals surface area contributed by atoms with Crippen molar-refractivity contribution in [3.05, 3.63) is 65.6 Å². The van der Waals surface area contributed by atoms with Gasteiger partial charge in [0.25, 0.3) is 11.7 Å². The number of carbonyl (C=O) groups excluding carboxylic acids is 2. The van der Waals surface area contributed by atoms with Crippen LogP contribution in [0.5, 0.6) is 0 Å². The van der Waals surface area contributed by atoms with Crippen LogP contribution < -0.4 is 0 Å². The molecule has 1 fully saturated rings. The summed E-state index contributed by atoms with van der Waals surface area (Å²) in [6.07, 6.45) is 6.35. The van der Waals surface area contributed by atoms with Gasteiger partial charge in [0.05, 0.1) is 11.6 Å². The Balaban J connectivity index is 1.72. The highest BCUT2D eigenvalue weighted by molar-refractivity contribution is 6.45. The van der Waals surface area contributed by atoms with Crippen LogP contribution in [0.1, 0.15) is 46.9 Å². The van der Waals surface area contributed by atoms with Crippen molar-refractivity contribution in [1.29, 1.82) is 0 Å². The summed E-state index contributed by atoms with van der Waals surface area (Å²) >= 11 is 0. The molecule has 1 aliphatic rings. The highest BCUT2D eigenvalue weighted by Gasteiger charge is 2.34. The lowest BCUT2D eigenvalue weighted by atomic mass is 9.95. The van der Waals surface area contributed by atoms with E-state index in [1.807, 2.05) is 54.9 Å². The summed E-state index contributed by atoms with van der Waals surface area (Å²) < 4.78 is 1.98. The van der Waals surface area contributed by atoms with Gasteiger partial charge in [-0.15, -0.1) is 0 Å². The molecule has 0 radical (unpaired) electrons. The predicted molar refractivity (Wildman–Crippen MR) is 105 cm³/mol. The Hall–Kier alpha value is -2.95. The average Bonchev–Trinajstić information content (AvgIpc) is 2.98. The summed E-state index contributed by atoms with van der Waals surface area (Å²) in [5.74, 6) is -0.830. The Labute approximate surface area is 158 Å². The van der Waals surface area contributed by atoms with Gasteiger partial charge in [0, 0.05) is 42.6 Å². The van der Waals surface area contributed by atoms with E-state index < -0.39 is 11.7 Å². The fraction of sp³-hybridized carbons (Fsp3) is 0.318. The highest BCUT2D eigenvalue weighted by Crippen LogP contribution is 2.32. The van der Waals surface area contributed by atoms with Gasteiger partial charge in [-0.1, -0.05) is 24.3 Å². The first-order valence-electron chi connectivity index (χ1n) is 9.39. The Morgan fingerprint density at radius 2 is 1.93 bits per heavy atom. The number of ketones is 1. The van der Waals surface area contributed by atoms with E-state index in [1.54, 1.807) is 17.3 Å². The Morgan fingerprint density at radius 3 is 2.70 bits per heavy atom. The lowest BCUT2D eigenvalue weighted by Crippen LogP contribution is -2.42. The number of fused-ring (bicyclic) bond motifs is 1. The maximum atomic E-state index is 13.2. The second-order valence-electron chi connectivity index (χ2n) is 7.16. The maximum absolute atomic E-state index is 13.2. The maximum Gasteiger partial charge on any atom is 0.295 e. The molecule has 0 spiro atoms. The molecular formula is C22H23N3O2. The Kier molecular flexibility index (Phi) is 4.52. The molecule has 1 amide bonds. The summed E-state index contributed by atoms with van der Waals surface area (Å²) in [6.45, 7) is 2.50. The number of para-hydroxylation sites is 1. The number of aromatic nitrogens is 2. The second-order valence-corrected chi connectivity index (χ2v) is 7.16. The zero-order valence-electron chi connectivity index (χ0n) is 15.7. The summed E-state index contributed by atoms with van der Waals surface area (Å²) in [6, 6.07) is 11.5. The lowest BCUT2D eigenvalue weighted by molar-refractivity contribution is -0.130. The molecule has 1 atom stereocenters. The molecule has 0 N–H and O–H groups in total. The minimum atomic E-state index is -0.417. The van der Waals surface area contributed by atoms with E-state index >= 15 is 0 Å². The number of rotatable bonds is 3. The van der Waals surface area contributed by atoms with E-state index in [0.29, 0.717) is 12.1 Å². The predicted octanol–water partition coefficient (Wildman–Crippen LogP) is 3.82. The van der Waals surface area contributed by atoms with Crippen molar-refractivity contribution in [3.8, 4) is 0 Å². The average molecular weight is 361 g/mol. The van der Waals surface area contributed by atoms with Crippen molar-refractivity contribution in [2.75, 3.05) is 6.54 Å². The van der Waals surface area contributed by atoms with Crippen LogP contribution in [0.3, 0.4) is 0 Å². The van der Waals surface area contributed by atoms with Crippen molar-refractivity contribution < 1.29 is 9.59 Å². The molecule has 0 saturated carbocycles. The number of hydrogen-bond donors (Lipinski definition) is 0. The van der Waals surface area contributed by atoms with E-state index in [1.165, 1.54) is 0 Å². The van der Waals surface area contributed by atoms with Crippen LogP contribution in [-0.4, -0.2) is 32.7 Å². The van der Waals surface area contributed by atoms with Crippen molar-refractivity contribution in [2.45, 2.75) is 32.2 Å². The van der Waals surface area contributed by atoms with Crippen molar-refractivity contribution in [3.63, 3.8) is 0 Å². The fourth-order valence-corrected chi connectivity index (χ4v) is 4.14. The molecule has 1 aromatic carbocycles. The number of Topliss-reactive ketones (excluding diaryl/α,β-unsaturated/α-hetero) is 1. The van der Waals surface area contributed by atoms with Crippen molar-refractivity contribution in [2.24, 2.45) is 7.05 Å². The van der Waals surface area contributed by atoms with Crippen LogP contribution in [0, 0.1) is 6.92 Å². The number of piperidine rings is 1. The third-order valence-corrected chi connectivity index (χ3v) is 5.65. The molecule has 4 rings (SSSR count). The molecule has 1 saturated heterocycles. The third-order valence-electron chi connectivity index (χ3n) is 5.65. The number of aryl methyl sites for hydroxylation is 1. The molecule has 3 heterocycles. The number of nitrogens with zero attached hydrogens (tertiary/aromatic N) is 3. The molecule has 138 valence electrons. The molecular weight excluding hydrogens is 338 g/mol. The number of amides is 1. The summed E-state index contributed by atoms with van der Waals surface area (Å²) in [5.41, 5.74) is 3.31. The van der Waals surface area contributed by atoms with Crippen molar-refractivity contribution in [1.82, 2.24) is 14.5 Å². The largest absolute Gasteiger partial charge is 0.347 e. The van der Waals surface area contributed by atoms with E-state index in [2.05, 4.69) is 4.98 Å². The summed E-state index contributed by atoms with van der Waals surface area (Å²) in [4.78, 5) is 32.4. The van der Waals surface area contributed by atoms with E-state index in [4.69, 9.17) is 0 Å². The second kappa shape index (κ2) is 6.99. The van der Waals surface area contributed by atoms with Gasteiger partial charge in [0.15, 0.2) is 0 Å². The molecule has 5 heteroatoms. The first-order chi connectivity index (χ1) is 13.1. The number of benzene rings is 1. The zero-order valence-corrected chi connectivity index (χ0v) is 15.7. The smallest absolute Gasteiger partial charge is 0.295 e. The Morgan fingerprint density at radius 1 is 1.11 bits per heavy atom. The molecule has 1 aliphatic heterocycles. The van der Waals surface area contributed by atoms with Gasteiger partial charge in [-0.3, -0.25) is 14.6 Å². The molecule has 1 unspecified atom stereocenters. The fourth-order valence-electron chi connectivity index (χ4n) is 4.14. The van der Waals surface area contributed by atoms with Gasteiger partial charge in [-0.25, -0.2) is 0 Å². The summed E-state index contributed by atoms with van der Waals surface area (Å²) in [5, 5.41) is 0.839. The third kappa shape index (κ3) is 2.93. The molecule has 0 aliphatic carbocycles. The minimum Gasteiger partial charge on any atom is -0.347 e. The number of pyridine rings is 1. The van der Waals surface area contributed by atoms with Gasteiger partial charge in [-0.05, 0) is 43.9 Å². The standard InChI is InChI=1S/C22H23N3O2/c1-15-20(17-9-3-4-11-19(17)24(15)2)21(26)22(27)25-13-6-5-10-18(25)16-8-7-12-23-14-16/h3-4,7-9,11-12,14,18H,5-6,10,13H2,1-2H3. The molecule has 27 heavy (non-hydrogen) atoms. The van der Waals surface area contributed by atoms with Crippen LogP contribution in [0.25, 0.3) is 10.9 Å². The first-order valence-corrected chi connectivity index (χ1v) is 9.39. The van der Waals surface area contributed by atoms with E-state index in [0.717, 1.165) is 41.4 Å². The van der Waals surface area contributed by atoms with Gasteiger partial charge in [0.1, 0.15) is 0 Å². The van der Waals surface area contributed by atoms with Gasteiger partial charge >= 0.3 is 0 Å². The zero-order chi connectivity index (χ0) is 19.0. The van der Waals surface area contributed by atoms with E-state index in [-0.39, 0.29) is 6.04 Å². The van der Waals surface area contributed by atoms with Crippen LogP contribution >= 0.6 is 0 Å². The van der Waals surface area contributed by atoms with Gasteiger partial charge < -0.3 is 9.47 Å². The van der Waals surface area contributed by atoms with Gasteiger partial charge in [-0.2, -0.15) is 0 Å². The van der Waals surface area contributed by atoms with Crippen LogP contribution in [0.2, 0.25) is 0 Å². The molecule has 2 aromatic heterocycles. The number of hydrogen-bond acceptors (Lipinski definition) is 3. The molecule has 5 nitrogen and oxygen atoms in total. The summed E-state index contributed by atoms with van der Waals surface area (Å²) in [7, 11) is 1.93. The highest BCUT2D eigenvalue weighted by atomic mass is 16.2. The normalized spacial score (nSPS) is 17.3. The minimum absolute atomic E-state index is 0.0841. The topological polar surface area (TPSA) is 55.2 Å². The van der Waals surface area contributed by atoms with Crippen LogP contribution in [0.15, 0.2) is 48.8 Å². The van der Waals surface area contributed by atoms with Gasteiger partial charge in [0.2, 0.25) is 0 Å². The lowest BCUT2D eigenvalue weighted by Gasteiger charge is -2.35. The first kappa shape index (κ1) is 17.5.